The van der Waals surface area contributed by atoms with Gasteiger partial charge in [0.15, 0.2) is 0 Å². The summed E-state index contributed by atoms with van der Waals surface area (Å²) in [6.45, 7) is 11.0. The lowest BCUT2D eigenvalue weighted by atomic mass is 9.43. The minimum Gasteiger partial charge on any atom is -0.496 e. The van der Waals surface area contributed by atoms with Crippen LogP contribution in [0, 0.1) is 22.7 Å². The van der Waals surface area contributed by atoms with Gasteiger partial charge in [-0.3, -0.25) is 9.59 Å². The molecule has 1 aromatic carbocycles. The molecule has 0 spiro atoms. The molecule has 4 fully saturated rings. The SMILES string of the molecule is COc1c(CC(NC(=O)CCS(N)(=O)=O)B2OC3CC4CC(C4(C)C)C3(C)O2)cccc1C(=O)OCOC(=O)C(C)(C)C. The van der Waals surface area contributed by atoms with Crippen LogP contribution in [0.5, 0.6) is 5.75 Å². The minimum atomic E-state index is -3.85. The first-order valence-corrected chi connectivity index (χ1v) is 16.2. The Labute approximate surface area is 253 Å². The summed E-state index contributed by atoms with van der Waals surface area (Å²) in [6, 6.07) is 4.90. The van der Waals surface area contributed by atoms with Gasteiger partial charge in [0, 0.05) is 6.42 Å². The van der Waals surface area contributed by atoms with Crippen LogP contribution in [0.4, 0.5) is 0 Å². The van der Waals surface area contributed by atoms with Crippen LogP contribution in [0.25, 0.3) is 0 Å². The smallest absolute Gasteiger partial charge is 0.482 e. The number of nitrogens with two attached hydrogens (primary N) is 1. The van der Waals surface area contributed by atoms with E-state index < -0.39 is 64.5 Å². The van der Waals surface area contributed by atoms with Gasteiger partial charge >= 0.3 is 19.1 Å². The number of hydrogen-bond donors (Lipinski definition) is 2. The maximum absolute atomic E-state index is 12.9. The summed E-state index contributed by atoms with van der Waals surface area (Å²) >= 11 is 0. The number of hydrogen-bond acceptors (Lipinski definition) is 10. The number of amides is 1. The lowest BCUT2D eigenvalue weighted by molar-refractivity contribution is -0.199. The Balaban J connectivity index is 1.55. The van der Waals surface area contributed by atoms with E-state index in [4.69, 9.17) is 28.7 Å². The second kappa shape index (κ2) is 12.0. The Kier molecular flexibility index (Phi) is 9.29. The lowest BCUT2D eigenvalue weighted by Gasteiger charge is -2.64. The third kappa shape index (κ3) is 7.02. The molecule has 0 aromatic heterocycles. The third-order valence-electron chi connectivity index (χ3n) is 9.21. The summed E-state index contributed by atoms with van der Waals surface area (Å²) < 4.78 is 51.9. The van der Waals surface area contributed by atoms with Gasteiger partial charge in [0.2, 0.25) is 22.7 Å². The number of rotatable bonds is 11. The van der Waals surface area contributed by atoms with E-state index in [0.717, 1.165) is 12.8 Å². The molecule has 1 aromatic rings. The second-order valence-corrected chi connectivity index (χ2v) is 15.3. The third-order valence-corrected chi connectivity index (χ3v) is 9.98. The number of nitrogens with one attached hydrogen (secondary N) is 1. The molecule has 5 atom stereocenters. The van der Waals surface area contributed by atoms with E-state index in [1.165, 1.54) is 13.2 Å². The average molecular weight is 623 g/mol. The van der Waals surface area contributed by atoms with Crippen molar-refractivity contribution in [1.29, 1.82) is 0 Å². The number of ether oxygens (including phenoxy) is 3. The topological polar surface area (TPSA) is 170 Å². The van der Waals surface area contributed by atoms with Crippen molar-refractivity contribution >= 4 is 35.0 Å². The van der Waals surface area contributed by atoms with Gasteiger partial charge in [-0.2, -0.15) is 0 Å². The zero-order valence-corrected chi connectivity index (χ0v) is 26.7. The van der Waals surface area contributed by atoms with Crippen LogP contribution >= 0.6 is 0 Å². The van der Waals surface area contributed by atoms with Crippen molar-refractivity contribution in [2.45, 2.75) is 84.9 Å². The van der Waals surface area contributed by atoms with Crippen molar-refractivity contribution in [2.75, 3.05) is 19.7 Å². The van der Waals surface area contributed by atoms with Crippen molar-refractivity contribution in [1.82, 2.24) is 5.32 Å². The molecule has 1 heterocycles. The number of carbonyl (C=O) groups is 3. The lowest BCUT2D eigenvalue weighted by Crippen LogP contribution is -2.65. The number of methoxy groups -OCH3 is 1. The van der Waals surface area contributed by atoms with Crippen LogP contribution in [0.3, 0.4) is 0 Å². The molecule has 2 bridgehead atoms. The molecule has 1 aliphatic heterocycles. The number of para-hydroxylation sites is 1. The first-order valence-electron chi connectivity index (χ1n) is 14.5. The molecule has 5 rings (SSSR count). The van der Waals surface area contributed by atoms with E-state index in [1.807, 2.05) is 0 Å². The number of primary sulfonamides is 1. The standard InChI is InChI=1S/C29H43BN2O10S/c1-27(2,3)26(35)40-16-39-25(34)19-10-8-9-17(24(19)38-7)13-22(32-23(33)11-12-43(31,36)37)30-41-21-15-18-14-20(28(18,4)5)29(21,6)42-30/h8-10,18,20-22H,11-16H2,1-7H3,(H,32,33)(H2,31,36,37). The van der Waals surface area contributed by atoms with Gasteiger partial charge < -0.3 is 28.8 Å². The van der Waals surface area contributed by atoms with Crippen molar-refractivity contribution in [3.63, 3.8) is 0 Å². The molecular formula is C29H43BN2O10S. The maximum Gasteiger partial charge on any atom is 0.482 e. The highest BCUT2D eigenvalue weighted by Gasteiger charge is 2.68. The Morgan fingerprint density at radius 1 is 1.16 bits per heavy atom. The van der Waals surface area contributed by atoms with Gasteiger partial charge in [0.05, 0.1) is 35.9 Å². The van der Waals surface area contributed by atoms with Crippen LogP contribution in [0.15, 0.2) is 18.2 Å². The van der Waals surface area contributed by atoms with Crippen molar-refractivity contribution in [2.24, 2.45) is 27.8 Å². The number of sulfonamides is 1. The van der Waals surface area contributed by atoms with E-state index in [0.29, 0.717) is 11.5 Å². The molecule has 1 amide bonds. The monoisotopic (exact) mass is 622 g/mol. The molecule has 0 radical (unpaired) electrons. The molecule has 4 aliphatic rings. The van der Waals surface area contributed by atoms with Gasteiger partial charge in [-0.05, 0) is 75.8 Å². The fourth-order valence-corrected chi connectivity index (χ4v) is 7.09. The Morgan fingerprint density at radius 2 is 1.86 bits per heavy atom. The maximum atomic E-state index is 12.9. The Bertz CT molecular complexity index is 1360. The van der Waals surface area contributed by atoms with Gasteiger partial charge in [0.25, 0.3) is 0 Å². The largest absolute Gasteiger partial charge is 0.496 e. The van der Waals surface area contributed by atoms with Gasteiger partial charge in [-0.1, -0.05) is 26.0 Å². The highest BCUT2D eigenvalue weighted by molar-refractivity contribution is 7.89. The van der Waals surface area contributed by atoms with E-state index in [9.17, 15) is 22.8 Å². The molecule has 3 saturated carbocycles. The summed E-state index contributed by atoms with van der Waals surface area (Å²) in [7, 11) is -3.28. The number of esters is 2. The summed E-state index contributed by atoms with van der Waals surface area (Å²) in [4.78, 5) is 37.9. The molecule has 1 saturated heterocycles. The zero-order valence-electron chi connectivity index (χ0n) is 25.9. The highest BCUT2D eigenvalue weighted by Crippen LogP contribution is 2.65. The molecule has 3 N–H and O–H groups in total. The normalized spacial score (nSPS) is 26.5. The van der Waals surface area contributed by atoms with Crippen LogP contribution in [-0.2, 0) is 44.8 Å². The van der Waals surface area contributed by atoms with E-state index in [1.54, 1.807) is 32.9 Å². The molecule has 12 nitrogen and oxygen atoms in total. The fourth-order valence-electron chi connectivity index (χ4n) is 6.62. The van der Waals surface area contributed by atoms with Gasteiger partial charge in [-0.15, -0.1) is 0 Å². The van der Waals surface area contributed by atoms with E-state index in [-0.39, 0.29) is 41.6 Å². The molecule has 14 heteroatoms. The Morgan fingerprint density at radius 3 is 2.47 bits per heavy atom. The number of carbonyl (C=O) groups excluding carboxylic acids is 3. The molecule has 3 aliphatic carbocycles. The summed E-state index contributed by atoms with van der Waals surface area (Å²) in [5.74, 6) is -2.06. The molecule has 238 valence electrons. The minimum absolute atomic E-state index is 0.0996. The van der Waals surface area contributed by atoms with Crippen molar-refractivity contribution in [3.05, 3.63) is 29.3 Å². The van der Waals surface area contributed by atoms with Crippen LogP contribution < -0.4 is 15.2 Å². The molecule has 43 heavy (non-hydrogen) atoms. The quantitative estimate of drug-likeness (QED) is 0.212. The van der Waals surface area contributed by atoms with Gasteiger partial charge in [-0.25, -0.2) is 18.4 Å². The molecule has 5 unspecified atom stereocenters. The number of benzene rings is 1. The van der Waals surface area contributed by atoms with E-state index >= 15 is 0 Å². The zero-order chi connectivity index (χ0) is 32.0. The summed E-state index contributed by atoms with van der Waals surface area (Å²) in [5, 5.41) is 7.99. The fraction of sp³-hybridized carbons (Fsp3) is 0.690. The molecular weight excluding hydrogens is 579 g/mol. The first-order chi connectivity index (χ1) is 19.9. The second-order valence-electron chi connectivity index (χ2n) is 13.6. The van der Waals surface area contributed by atoms with Crippen molar-refractivity contribution < 1.29 is 46.3 Å². The van der Waals surface area contributed by atoms with E-state index in [2.05, 4.69) is 26.1 Å². The van der Waals surface area contributed by atoms with Gasteiger partial charge in [0.1, 0.15) is 11.3 Å². The van der Waals surface area contributed by atoms with Crippen LogP contribution in [0.2, 0.25) is 0 Å². The predicted octanol–water partition coefficient (Wildman–Crippen LogP) is 2.37. The highest BCUT2D eigenvalue weighted by atomic mass is 32.2. The Hall–Kier alpha value is -2.68. The van der Waals surface area contributed by atoms with Crippen LogP contribution in [-0.4, -0.2) is 70.7 Å². The van der Waals surface area contributed by atoms with Crippen molar-refractivity contribution in [3.8, 4) is 5.75 Å². The predicted molar refractivity (Wildman–Crippen MR) is 157 cm³/mol. The summed E-state index contributed by atoms with van der Waals surface area (Å²) in [5.41, 5.74) is -0.545. The van der Waals surface area contributed by atoms with Crippen LogP contribution in [0.1, 0.15) is 76.7 Å². The summed E-state index contributed by atoms with van der Waals surface area (Å²) in [6.07, 6.45) is 1.53. The average Bonchev–Trinajstić information content (AvgIpc) is 3.27. The first kappa shape index (κ1) is 33.2.